The summed E-state index contributed by atoms with van der Waals surface area (Å²) < 4.78 is 10.5. The lowest BCUT2D eigenvalue weighted by molar-refractivity contribution is -0.145. The summed E-state index contributed by atoms with van der Waals surface area (Å²) in [7, 11) is 0. The fraction of sp³-hybridized carbons (Fsp3) is 0.444. The SMILES string of the molecule is CC1OC2=C(O1)C(C)(C(=O)O)C=C2. The summed E-state index contributed by atoms with van der Waals surface area (Å²) in [6.07, 6.45) is 2.84. The summed E-state index contributed by atoms with van der Waals surface area (Å²) in [5.41, 5.74) is -1.06. The number of carboxylic acid groups (broad SMARTS) is 1. The van der Waals surface area contributed by atoms with E-state index in [0.717, 1.165) is 0 Å². The van der Waals surface area contributed by atoms with Crippen LogP contribution in [-0.4, -0.2) is 17.4 Å². The van der Waals surface area contributed by atoms with Gasteiger partial charge >= 0.3 is 5.97 Å². The summed E-state index contributed by atoms with van der Waals surface area (Å²) in [4.78, 5) is 11.0. The molecular formula is C9H10O4. The number of ether oxygens (including phenoxy) is 2. The van der Waals surface area contributed by atoms with Crippen molar-refractivity contribution in [2.75, 3.05) is 0 Å². The predicted molar refractivity (Wildman–Crippen MR) is 43.5 cm³/mol. The Morgan fingerprint density at radius 3 is 2.92 bits per heavy atom. The van der Waals surface area contributed by atoms with Crippen LogP contribution in [-0.2, 0) is 14.3 Å². The first-order valence-electron chi connectivity index (χ1n) is 4.05. The summed E-state index contributed by atoms with van der Waals surface area (Å²) >= 11 is 0. The van der Waals surface area contributed by atoms with Crippen molar-refractivity contribution in [3.05, 3.63) is 23.7 Å². The molecule has 1 aliphatic heterocycles. The van der Waals surface area contributed by atoms with Gasteiger partial charge in [-0.25, -0.2) is 0 Å². The maximum atomic E-state index is 11.0. The molecule has 0 saturated carbocycles. The molecule has 0 radical (unpaired) electrons. The molecule has 1 aliphatic carbocycles. The highest BCUT2D eigenvalue weighted by Crippen LogP contribution is 2.43. The van der Waals surface area contributed by atoms with Crippen LogP contribution in [0.25, 0.3) is 0 Å². The minimum absolute atomic E-state index is 0.381. The summed E-state index contributed by atoms with van der Waals surface area (Å²) in [6.45, 7) is 3.32. The Balaban J connectivity index is 2.38. The van der Waals surface area contributed by atoms with Gasteiger partial charge in [-0.1, -0.05) is 6.08 Å². The van der Waals surface area contributed by atoms with Crippen LogP contribution in [0.4, 0.5) is 0 Å². The molecule has 0 spiro atoms. The van der Waals surface area contributed by atoms with Crippen molar-refractivity contribution >= 4 is 5.97 Å². The summed E-state index contributed by atoms with van der Waals surface area (Å²) in [5.74, 6) is 0.0244. The van der Waals surface area contributed by atoms with Crippen LogP contribution in [0.1, 0.15) is 13.8 Å². The number of carboxylic acids is 1. The number of aliphatic carboxylic acids is 1. The van der Waals surface area contributed by atoms with Crippen molar-refractivity contribution in [2.24, 2.45) is 5.41 Å². The van der Waals surface area contributed by atoms with Gasteiger partial charge in [0.2, 0.25) is 6.29 Å². The molecule has 0 aromatic rings. The van der Waals surface area contributed by atoms with Crippen molar-refractivity contribution in [3.63, 3.8) is 0 Å². The van der Waals surface area contributed by atoms with Crippen LogP contribution in [0.3, 0.4) is 0 Å². The van der Waals surface area contributed by atoms with Crippen molar-refractivity contribution < 1.29 is 19.4 Å². The first kappa shape index (κ1) is 8.16. The van der Waals surface area contributed by atoms with Gasteiger partial charge in [0.15, 0.2) is 11.5 Å². The van der Waals surface area contributed by atoms with Gasteiger partial charge in [-0.15, -0.1) is 0 Å². The molecule has 70 valence electrons. The molecule has 0 saturated heterocycles. The van der Waals surface area contributed by atoms with Gasteiger partial charge in [-0.2, -0.15) is 0 Å². The minimum atomic E-state index is -1.06. The molecule has 0 fully saturated rings. The third kappa shape index (κ3) is 0.946. The second-order valence-corrected chi connectivity index (χ2v) is 3.34. The van der Waals surface area contributed by atoms with E-state index in [1.807, 2.05) is 0 Å². The highest BCUT2D eigenvalue weighted by atomic mass is 16.7. The molecule has 0 aromatic carbocycles. The van der Waals surface area contributed by atoms with Gasteiger partial charge in [0.05, 0.1) is 0 Å². The topological polar surface area (TPSA) is 55.8 Å². The molecule has 1 N–H and O–H groups in total. The van der Waals surface area contributed by atoms with Crippen LogP contribution in [0.2, 0.25) is 0 Å². The lowest BCUT2D eigenvalue weighted by atomic mass is 9.91. The maximum absolute atomic E-state index is 11.0. The molecule has 2 atom stereocenters. The highest BCUT2D eigenvalue weighted by Gasteiger charge is 2.46. The summed E-state index contributed by atoms with van der Waals surface area (Å²) in [5, 5.41) is 8.98. The Morgan fingerprint density at radius 2 is 2.31 bits per heavy atom. The Labute approximate surface area is 75.5 Å². The molecule has 0 aromatic heterocycles. The van der Waals surface area contributed by atoms with Crippen molar-refractivity contribution in [1.82, 2.24) is 0 Å². The third-order valence-electron chi connectivity index (χ3n) is 2.28. The average Bonchev–Trinajstić information content (AvgIpc) is 2.53. The first-order valence-corrected chi connectivity index (χ1v) is 4.05. The monoisotopic (exact) mass is 182 g/mol. The average molecular weight is 182 g/mol. The largest absolute Gasteiger partial charge is 0.480 e. The quantitative estimate of drug-likeness (QED) is 0.663. The third-order valence-corrected chi connectivity index (χ3v) is 2.28. The zero-order valence-corrected chi connectivity index (χ0v) is 7.40. The van der Waals surface area contributed by atoms with E-state index in [0.29, 0.717) is 11.5 Å². The van der Waals surface area contributed by atoms with Gasteiger partial charge in [-0.05, 0) is 13.0 Å². The van der Waals surface area contributed by atoms with Gasteiger partial charge in [-0.3, -0.25) is 4.79 Å². The van der Waals surface area contributed by atoms with Gasteiger partial charge < -0.3 is 14.6 Å². The Kier molecular flexibility index (Phi) is 1.43. The molecule has 2 aliphatic rings. The van der Waals surface area contributed by atoms with Crippen LogP contribution in [0.15, 0.2) is 23.7 Å². The second-order valence-electron chi connectivity index (χ2n) is 3.34. The van der Waals surface area contributed by atoms with E-state index >= 15 is 0 Å². The normalized spacial score (nSPS) is 35.7. The Bertz CT molecular complexity index is 329. The predicted octanol–water partition coefficient (Wildman–Crippen LogP) is 1.25. The number of hydrogen-bond donors (Lipinski definition) is 1. The van der Waals surface area contributed by atoms with Gasteiger partial charge in [0.1, 0.15) is 5.41 Å². The molecule has 2 unspecified atom stereocenters. The molecule has 0 bridgehead atoms. The zero-order chi connectivity index (χ0) is 9.64. The van der Waals surface area contributed by atoms with Crippen molar-refractivity contribution in [3.8, 4) is 0 Å². The molecular weight excluding hydrogens is 172 g/mol. The van der Waals surface area contributed by atoms with Crippen LogP contribution in [0.5, 0.6) is 0 Å². The Morgan fingerprint density at radius 1 is 1.62 bits per heavy atom. The number of allylic oxidation sites excluding steroid dienone is 1. The molecule has 1 heterocycles. The molecule has 0 amide bonds. The molecule has 13 heavy (non-hydrogen) atoms. The van der Waals surface area contributed by atoms with E-state index in [2.05, 4.69) is 0 Å². The minimum Gasteiger partial charge on any atom is -0.480 e. The Hall–Kier alpha value is -1.45. The zero-order valence-electron chi connectivity index (χ0n) is 7.40. The van der Waals surface area contributed by atoms with E-state index in [9.17, 15) is 4.79 Å². The van der Waals surface area contributed by atoms with Gasteiger partial charge in [0.25, 0.3) is 0 Å². The molecule has 4 heteroatoms. The van der Waals surface area contributed by atoms with E-state index in [-0.39, 0.29) is 6.29 Å². The van der Waals surface area contributed by atoms with Crippen LogP contribution in [0, 0.1) is 5.41 Å². The van der Waals surface area contributed by atoms with E-state index in [1.54, 1.807) is 26.0 Å². The lowest BCUT2D eigenvalue weighted by Gasteiger charge is -2.18. The van der Waals surface area contributed by atoms with Crippen molar-refractivity contribution in [2.45, 2.75) is 20.1 Å². The number of rotatable bonds is 1. The maximum Gasteiger partial charge on any atom is 0.321 e. The fourth-order valence-electron chi connectivity index (χ4n) is 1.46. The summed E-state index contributed by atoms with van der Waals surface area (Å²) in [6, 6.07) is 0. The first-order chi connectivity index (χ1) is 6.04. The van der Waals surface area contributed by atoms with E-state index < -0.39 is 11.4 Å². The fourth-order valence-corrected chi connectivity index (χ4v) is 1.46. The molecule has 4 nitrogen and oxygen atoms in total. The van der Waals surface area contributed by atoms with Crippen LogP contribution >= 0.6 is 0 Å². The standard InChI is InChI=1S/C9H10O4/c1-5-12-6-3-4-9(2,8(10)11)7(6)13-5/h3-5H,1-2H3,(H,10,11). The van der Waals surface area contributed by atoms with E-state index in [4.69, 9.17) is 14.6 Å². The molecule has 2 rings (SSSR count). The number of hydrogen-bond acceptors (Lipinski definition) is 3. The smallest absolute Gasteiger partial charge is 0.321 e. The van der Waals surface area contributed by atoms with Gasteiger partial charge in [0, 0.05) is 6.92 Å². The van der Waals surface area contributed by atoms with E-state index in [1.165, 1.54) is 0 Å². The van der Waals surface area contributed by atoms with Crippen LogP contribution < -0.4 is 0 Å². The lowest BCUT2D eigenvalue weighted by Crippen LogP contribution is -2.27. The number of carbonyl (C=O) groups is 1. The van der Waals surface area contributed by atoms with Crippen molar-refractivity contribution in [1.29, 1.82) is 0 Å². The highest BCUT2D eigenvalue weighted by molar-refractivity contribution is 5.82. The second kappa shape index (κ2) is 2.28.